The maximum atomic E-state index is 12.0. The van der Waals surface area contributed by atoms with Gasteiger partial charge in [-0.2, -0.15) is 11.8 Å². The molecule has 20 heavy (non-hydrogen) atoms. The summed E-state index contributed by atoms with van der Waals surface area (Å²) in [5.41, 5.74) is 5.79. The molecule has 4 N–H and O–H groups in total. The predicted octanol–water partition coefficient (Wildman–Crippen LogP) is 1.48. The first kappa shape index (κ1) is 17.0. The number of nitrogens with two attached hydrogens (primary N) is 1. The van der Waals surface area contributed by atoms with E-state index in [2.05, 4.69) is 5.32 Å². The summed E-state index contributed by atoms with van der Waals surface area (Å²) in [6.07, 6.45) is 1.43. The number of carbonyl (C=O) groups is 1. The summed E-state index contributed by atoms with van der Waals surface area (Å²) in [6.45, 7) is 2.86. The average Bonchev–Trinajstić information content (AvgIpc) is 2.46. The molecule has 1 amide bonds. The van der Waals surface area contributed by atoms with Crippen molar-refractivity contribution in [3.05, 3.63) is 35.9 Å². The van der Waals surface area contributed by atoms with Crippen molar-refractivity contribution in [2.75, 3.05) is 24.7 Å². The lowest BCUT2D eigenvalue weighted by atomic mass is 9.86. The number of aliphatic hydroxyl groups excluding tert-OH is 1. The molecule has 0 aliphatic rings. The molecule has 0 bridgehead atoms. The van der Waals surface area contributed by atoms with Crippen LogP contribution in [0.2, 0.25) is 0 Å². The summed E-state index contributed by atoms with van der Waals surface area (Å²) in [6, 6.07) is 9.64. The molecule has 0 aliphatic carbocycles. The summed E-state index contributed by atoms with van der Waals surface area (Å²) in [5.74, 6) is 1.38. The SMILES string of the molecule is CCNC(CCSCCCO)(C(N)=O)c1ccccc1. The highest BCUT2D eigenvalue weighted by molar-refractivity contribution is 7.99. The minimum Gasteiger partial charge on any atom is -0.396 e. The Balaban J connectivity index is 2.81. The van der Waals surface area contributed by atoms with Gasteiger partial charge in [0.05, 0.1) is 0 Å². The Kier molecular flexibility index (Phi) is 7.65. The van der Waals surface area contributed by atoms with E-state index in [9.17, 15) is 4.79 Å². The number of nitrogens with one attached hydrogen (secondary N) is 1. The van der Waals surface area contributed by atoms with E-state index in [-0.39, 0.29) is 12.5 Å². The molecule has 112 valence electrons. The van der Waals surface area contributed by atoms with Crippen LogP contribution in [0.1, 0.15) is 25.3 Å². The minimum absolute atomic E-state index is 0.208. The fourth-order valence-electron chi connectivity index (χ4n) is 2.21. The Labute approximate surface area is 125 Å². The van der Waals surface area contributed by atoms with Gasteiger partial charge in [0.15, 0.2) is 0 Å². The number of rotatable bonds is 10. The largest absolute Gasteiger partial charge is 0.396 e. The highest BCUT2D eigenvalue weighted by atomic mass is 32.2. The number of carbonyl (C=O) groups excluding carboxylic acids is 1. The molecule has 0 aromatic heterocycles. The number of benzene rings is 1. The molecular weight excluding hydrogens is 272 g/mol. The fourth-order valence-corrected chi connectivity index (χ4v) is 3.19. The zero-order chi connectivity index (χ0) is 14.8. The maximum absolute atomic E-state index is 12.0. The topological polar surface area (TPSA) is 75.3 Å². The lowest BCUT2D eigenvalue weighted by Gasteiger charge is -2.32. The normalized spacial score (nSPS) is 13.9. The molecule has 0 radical (unpaired) electrons. The smallest absolute Gasteiger partial charge is 0.242 e. The van der Waals surface area contributed by atoms with E-state index in [0.717, 1.165) is 23.5 Å². The molecule has 4 nitrogen and oxygen atoms in total. The highest BCUT2D eigenvalue weighted by Crippen LogP contribution is 2.27. The molecular formula is C15H24N2O2S. The van der Waals surface area contributed by atoms with Crippen molar-refractivity contribution in [1.82, 2.24) is 5.32 Å². The Bertz CT molecular complexity index is 400. The number of thioether (sulfide) groups is 1. The van der Waals surface area contributed by atoms with Gasteiger partial charge in [0.1, 0.15) is 5.54 Å². The molecule has 0 fully saturated rings. The van der Waals surface area contributed by atoms with Gasteiger partial charge >= 0.3 is 0 Å². The van der Waals surface area contributed by atoms with E-state index in [1.54, 1.807) is 11.8 Å². The van der Waals surface area contributed by atoms with Crippen molar-refractivity contribution >= 4 is 17.7 Å². The van der Waals surface area contributed by atoms with Crippen molar-refractivity contribution in [3.8, 4) is 0 Å². The van der Waals surface area contributed by atoms with Gasteiger partial charge < -0.3 is 10.8 Å². The highest BCUT2D eigenvalue weighted by Gasteiger charge is 2.36. The van der Waals surface area contributed by atoms with E-state index in [4.69, 9.17) is 10.8 Å². The number of likely N-dealkylation sites (N-methyl/N-ethyl adjacent to an activating group) is 1. The number of hydrogen-bond donors (Lipinski definition) is 3. The number of aliphatic hydroxyl groups is 1. The van der Waals surface area contributed by atoms with Crippen LogP contribution in [-0.4, -0.2) is 35.7 Å². The lowest BCUT2D eigenvalue weighted by molar-refractivity contribution is -0.124. The molecule has 1 unspecified atom stereocenters. The van der Waals surface area contributed by atoms with E-state index in [0.29, 0.717) is 13.0 Å². The number of hydrogen-bond acceptors (Lipinski definition) is 4. The van der Waals surface area contributed by atoms with Crippen LogP contribution >= 0.6 is 11.8 Å². The second kappa shape index (κ2) is 9.00. The summed E-state index contributed by atoms with van der Waals surface area (Å²) >= 11 is 1.73. The van der Waals surface area contributed by atoms with Crippen LogP contribution in [0.3, 0.4) is 0 Å². The summed E-state index contributed by atoms with van der Waals surface area (Å²) in [4.78, 5) is 12.0. The zero-order valence-corrected chi connectivity index (χ0v) is 12.8. The molecule has 0 saturated heterocycles. The summed E-state index contributed by atoms with van der Waals surface area (Å²) in [5, 5.41) is 12.0. The lowest BCUT2D eigenvalue weighted by Crippen LogP contribution is -2.53. The molecule has 1 aromatic carbocycles. The second-order valence-corrected chi connectivity index (χ2v) is 5.83. The third kappa shape index (κ3) is 4.51. The van der Waals surface area contributed by atoms with Crippen molar-refractivity contribution in [1.29, 1.82) is 0 Å². The van der Waals surface area contributed by atoms with Gasteiger partial charge in [-0.3, -0.25) is 10.1 Å². The third-order valence-corrected chi connectivity index (χ3v) is 4.30. The standard InChI is InChI=1S/C15H24N2O2S/c1-2-17-15(14(16)19,9-12-20-11-6-10-18)13-7-4-3-5-8-13/h3-5,7-8,17-18H,2,6,9-12H2,1H3,(H2,16,19). The van der Waals surface area contributed by atoms with Gasteiger partial charge in [-0.05, 0) is 36.5 Å². The average molecular weight is 296 g/mol. The van der Waals surface area contributed by atoms with Crippen molar-refractivity contribution < 1.29 is 9.90 Å². The van der Waals surface area contributed by atoms with Gasteiger partial charge in [-0.15, -0.1) is 0 Å². The third-order valence-electron chi connectivity index (χ3n) is 3.23. The first-order valence-electron chi connectivity index (χ1n) is 6.96. The van der Waals surface area contributed by atoms with E-state index < -0.39 is 5.54 Å². The monoisotopic (exact) mass is 296 g/mol. The molecule has 1 atom stereocenters. The van der Waals surface area contributed by atoms with Crippen LogP contribution in [0.25, 0.3) is 0 Å². The van der Waals surface area contributed by atoms with Crippen LogP contribution in [0.15, 0.2) is 30.3 Å². The first-order valence-corrected chi connectivity index (χ1v) is 8.12. The zero-order valence-electron chi connectivity index (χ0n) is 12.0. The van der Waals surface area contributed by atoms with Gasteiger partial charge in [0, 0.05) is 6.61 Å². The molecule has 1 aromatic rings. The molecule has 1 rings (SSSR count). The van der Waals surface area contributed by atoms with Gasteiger partial charge in [0.25, 0.3) is 0 Å². The second-order valence-electron chi connectivity index (χ2n) is 4.61. The molecule has 0 saturated carbocycles. The van der Waals surface area contributed by atoms with Crippen LogP contribution < -0.4 is 11.1 Å². The van der Waals surface area contributed by atoms with Crippen LogP contribution in [-0.2, 0) is 10.3 Å². The quantitative estimate of drug-likeness (QED) is 0.572. The summed E-state index contributed by atoms with van der Waals surface area (Å²) < 4.78 is 0. The van der Waals surface area contributed by atoms with E-state index >= 15 is 0 Å². The predicted molar refractivity (Wildman–Crippen MR) is 84.6 cm³/mol. The van der Waals surface area contributed by atoms with Crippen LogP contribution in [0.4, 0.5) is 0 Å². The van der Waals surface area contributed by atoms with Crippen molar-refractivity contribution in [3.63, 3.8) is 0 Å². The Morgan fingerprint density at radius 3 is 2.60 bits per heavy atom. The van der Waals surface area contributed by atoms with Crippen LogP contribution in [0.5, 0.6) is 0 Å². The Hall–Kier alpha value is -1.04. The van der Waals surface area contributed by atoms with E-state index in [1.807, 2.05) is 37.3 Å². The minimum atomic E-state index is -0.803. The summed E-state index contributed by atoms with van der Waals surface area (Å²) in [7, 11) is 0. The van der Waals surface area contributed by atoms with Gasteiger partial charge in [-0.1, -0.05) is 37.3 Å². The maximum Gasteiger partial charge on any atom is 0.242 e. The molecule has 0 heterocycles. The van der Waals surface area contributed by atoms with E-state index in [1.165, 1.54) is 0 Å². The first-order chi connectivity index (χ1) is 9.67. The van der Waals surface area contributed by atoms with Crippen LogP contribution in [0, 0.1) is 0 Å². The molecule has 5 heteroatoms. The Morgan fingerprint density at radius 2 is 2.05 bits per heavy atom. The van der Waals surface area contributed by atoms with Gasteiger partial charge in [-0.25, -0.2) is 0 Å². The van der Waals surface area contributed by atoms with Crippen molar-refractivity contribution in [2.24, 2.45) is 5.73 Å². The molecule has 0 aliphatic heterocycles. The number of primary amides is 1. The molecule has 0 spiro atoms. The fraction of sp³-hybridized carbons (Fsp3) is 0.533. The van der Waals surface area contributed by atoms with Crippen molar-refractivity contribution in [2.45, 2.75) is 25.3 Å². The number of amides is 1. The Morgan fingerprint density at radius 1 is 1.35 bits per heavy atom. The van der Waals surface area contributed by atoms with Gasteiger partial charge in [0.2, 0.25) is 5.91 Å².